The molecule has 8 atom stereocenters. The van der Waals surface area contributed by atoms with Crippen LogP contribution in [0.25, 0.3) is 11.2 Å². The number of nitrogens with zero attached hydrogens (tertiary/aromatic N) is 5. The van der Waals surface area contributed by atoms with Gasteiger partial charge in [0, 0.05) is 35.7 Å². The number of fused-ring (bicyclic) bond motifs is 1. The number of ether oxygens (including phenoxy) is 6. The number of hydrogen-bond acceptors (Lipinski definition) is 23. The predicted molar refractivity (Wildman–Crippen MR) is 326 cm³/mol. The van der Waals surface area contributed by atoms with Crippen molar-refractivity contribution >= 4 is 65.9 Å². The molecular weight excluding hydrogens is 1290 g/mol. The van der Waals surface area contributed by atoms with E-state index in [1.807, 2.05) is 54.6 Å². The summed E-state index contributed by atoms with van der Waals surface area (Å²) in [5.41, 5.74) is -0.171. The number of aromatic nitrogens is 6. The van der Waals surface area contributed by atoms with Crippen LogP contribution in [0.1, 0.15) is 58.2 Å². The summed E-state index contributed by atoms with van der Waals surface area (Å²) in [6.45, 7) is -0.590. The van der Waals surface area contributed by atoms with Crippen LogP contribution in [0.15, 0.2) is 162 Å². The molecule has 0 radical (unpaired) electrons. The normalized spacial score (nSPS) is 19.5. The molecule has 2 aliphatic rings. The van der Waals surface area contributed by atoms with E-state index in [1.54, 1.807) is 54.6 Å². The number of benzene rings is 5. The van der Waals surface area contributed by atoms with Crippen molar-refractivity contribution in [3.05, 3.63) is 206 Å². The van der Waals surface area contributed by atoms with Crippen molar-refractivity contribution < 1.29 is 113 Å². The second kappa shape index (κ2) is 30.4. The minimum Gasteiger partial charge on any atom is -0.756 e. The molecule has 2 aliphatic heterocycles. The van der Waals surface area contributed by atoms with Crippen molar-refractivity contribution in [3.63, 3.8) is 0 Å². The van der Waals surface area contributed by atoms with Crippen molar-refractivity contribution in [2.24, 2.45) is 0 Å². The Hall–Kier alpha value is -6.95. The average Bonchev–Trinajstić information content (AvgIpc) is 1.25. The van der Waals surface area contributed by atoms with Crippen molar-refractivity contribution in [2.45, 2.75) is 62.6 Å². The second-order valence-corrected chi connectivity index (χ2v) is 26.4. The number of hydrogen-bond donors (Lipinski definition) is 2. The molecule has 32 heteroatoms. The van der Waals surface area contributed by atoms with E-state index in [0.29, 0.717) is 33.8 Å². The van der Waals surface area contributed by atoms with Gasteiger partial charge in [0.2, 0.25) is 0 Å². The molecule has 0 spiro atoms. The van der Waals surface area contributed by atoms with Gasteiger partial charge in [-0.1, -0.05) is 84.4 Å². The summed E-state index contributed by atoms with van der Waals surface area (Å²) in [4.78, 5) is 80.0. The summed E-state index contributed by atoms with van der Waals surface area (Å²) in [5.74, 6) is -1.56. The summed E-state index contributed by atoms with van der Waals surface area (Å²) in [7, 11) is -11.6. The predicted octanol–water partition coefficient (Wildman–Crippen LogP) is 4.28. The molecule has 0 saturated carbocycles. The Morgan fingerprint density at radius 3 is 2.03 bits per heavy atom. The van der Waals surface area contributed by atoms with Crippen LogP contribution < -0.4 is 65.0 Å². The van der Waals surface area contributed by atoms with Crippen molar-refractivity contribution in [1.29, 1.82) is 0 Å². The zero-order chi connectivity index (χ0) is 64.5. The Morgan fingerprint density at radius 1 is 0.783 bits per heavy atom. The summed E-state index contributed by atoms with van der Waals surface area (Å²) >= 11 is 6.20. The number of H-pyrrole nitrogens is 1. The van der Waals surface area contributed by atoms with Gasteiger partial charge >= 0.3 is 49.0 Å². The number of aryl methyl sites for hydroxylation is 1. The van der Waals surface area contributed by atoms with Crippen LogP contribution >= 0.6 is 27.2 Å². The molecule has 5 heterocycles. The minimum absolute atomic E-state index is 0. The van der Waals surface area contributed by atoms with Crippen molar-refractivity contribution in [2.75, 3.05) is 64.1 Å². The maximum Gasteiger partial charge on any atom is 1.00 e. The van der Waals surface area contributed by atoms with Crippen LogP contribution in [-0.4, -0.2) is 133 Å². The molecule has 3 aromatic heterocycles. The smallest absolute Gasteiger partial charge is 0.756 e. The first-order valence-electron chi connectivity index (χ1n) is 28.1. The van der Waals surface area contributed by atoms with Gasteiger partial charge in [-0.3, -0.25) is 37.5 Å². The molecule has 0 bridgehead atoms. The van der Waals surface area contributed by atoms with Gasteiger partial charge in [-0.05, 0) is 84.3 Å². The Balaban J connectivity index is 0.00001000. The Labute approximate surface area is 554 Å². The molecule has 8 aromatic rings. The van der Waals surface area contributed by atoms with Crippen LogP contribution in [0.5, 0.6) is 17.2 Å². The molecule has 27 nitrogen and oxygen atoms in total. The number of carbonyl (C=O) groups is 2. The molecule has 92 heavy (non-hydrogen) atoms. The molecular formula is C60H61ClN7NaO20P2S. The van der Waals surface area contributed by atoms with E-state index in [-0.39, 0.29) is 82.5 Å². The van der Waals surface area contributed by atoms with Gasteiger partial charge in [-0.15, -0.1) is 0 Å². The molecule has 480 valence electrons. The van der Waals surface area contributed by atoms with Gasteiger partial charge < -0.3 is 56.8 Å². The van der Waals surface area contributed by atoms with Crippen molar-refractivity contribution in [1.82, 2.24) is 29.1 Å². The minimum atomic E-state index is -5.43. The third-order valence-corrected chi connectivity index (χ3v) is 19.0. The fourth-order valence-corrected chi connectivity index (χ4v) is 13.6. The van der Waals surface area contributed by atoms with E-state index in [1.165, 1.54) is 62.5 Å². The van der Waals surface area contributed by atoms with Crippen molar-refractivity contribution in [3.8, 4) is 17.2 Å². The van der Waals surface area contributed by atoms with E-state index >= 15 is 4.57 Å². The molecule has 5 aromatic carbocycles. The Morgan fingerprint density at radius 2 is 1.39 bits per heavy atom. The Kier molecular flexibility index (Phi) is 22.9. The maximum atomic E-state index is 15.5. The summed E-state index contributed by atoms with van der Waals surface area (Å²) in [5, 5.41) is 3.00. The SMILES string of the molecule is COc1ccc(C(OCCS(=O)(=O)CCOP(=O)([O-])OC[C@H]2OC[C@@H](n3cnc4c(NC(=O)c5ccccc5)ncnc43)[C@@H]2OP(=O)(OC[C@H]2O[C@@H](n3cc(C)c(=O)[nH]c3=O)C[C@@H]2OC(C)=O)Oc2ccc(Cl)cc2)(c2ccccc2)c2ccc(OC)cc2)cc1.[Na+]. The first-order chi connectivity index (χ1) is 43.6. The number of imidazole rings is 1. The van der Waals surface area contributed by atoms with Crippen LogP contribution in [0.3, 0.4) is 0 Å². The molecule has 1 amide bonds. The second-order valence-electron chi connectivity index (χ2n) is 20.7. The zero-order valence-electron chi connectivity index (χ0n) is 50.1. The molecule has 0 aliphatic carbocycles. The number of carbonyl (C=O) groups excluding carboxylic acids is 2. The van der Waals surface area contributed by atoms with Crippen LogP contribution in [0.2, 0.25) is 5.02 Å². The van der Waals surface area contributed by atoms with Gasteiger partial charge in [0.25, 0.3) is 19.3 Å². The zero-order valence-corrected chi connectivity index (χ0v) is 55.5. The maximum absolute atomic E-state index is 15.5. The standard InChI is InChI=1S/C60H62ClN7O20P2S.Na/c1-38-32-67(59(72)66-57(38)70)52-31-49(85-39(2)69)50(86-52)34-84-90(75,87-47-25-19-44(61)20-26-47)88-54-48(68-37-64-53-55(62-36-63-56(53)68)65-58(71)40-11-7-5-8-12-40)33-80-51(54)35-83-89(73,74)82-28-30-91(76,77)29-27-81-60(41-13-9-6-10-14-41,42-15-21-45(78-3)22-16-42)43-17-23-46(79-4)24-18-43;/h5-26,32,36-37,48-52,54H,27-31,33-35H2,1-4H3,(H,73,74)(H,66,70,72)(H,62,63,65,71);/q;+1/p-1/t48-,49+,50-,51-,52-,54+,90?;/m1./s1. The van der Waals surface area contributed by atoms with Gasteiger partial charge in [0.1, 0.15) is 59.8 Å². The number of phosphoric ester groups is 2. The number of methoxy groups -OCH3 is 2. The number of anilines is 1. The first kappa shape index (κ1) is 69.4. The fourth-order valence-electron chi connectivity index (χ4n) is 10.3. The number of aromatic amines is 1. The topological polar surface area (TPSA) is 338 Å². The van der Waals surface area contributed by atoms with Gasteiger partial charge in [0.05, 0.1) is 71.1 Å². The number of sulfone groups is 1. The first-order valence-corrected chi connectivity index (χ1v) is 33.2. The molecule has 10 rings (SSSR count). The average molecular weight is 1350 g/mol. The quantitative estimate of drug-likeness (QED) is 0.0299. The molecule has 2 saturated heterocycles. The third kappa shape index (κ3) is 16.7. The summed E-state index contributed by atoms with van der Waals surface area (Å²) in [6.07, 6.45) is -3.04. The monoisotopic (exact) mass is 1350 g/mol. The third-order valence-electron chi connectivity index (χ3n) is 14.8. The number of amides is 1. The van der Waals surface area contributed by atoms with E-state index in [4.69, 9.17) is 62.6 Å². The number of phosphoric acid groups is 2. The van der Waals surface area contributed by atoms with Gasteiger partial charge in [-0.25, -0.2) is 32.7 Å². The van der Waals surface area contributed by atoms with Gasteiger partial charge in [-0.2, -0.15) is 0 Å². The van der Waals surface area contributed by atoms with E-state index in [9.17, 15) is 37.1 Å². The van der Waals surface area contributed by atoms with Crippen LogP contribution in [0.4, 0.5) is 5.82 Å². The summed E-state index contributed by atoms with van der Waals surface area (Å²) in [6, 6.07) is 36.2. The number of halogens is 1. The Bertz CT molecular complexity index is 4150. The fraction of sp³-hybridized carbons (Fsp3) is 0.317. The number of esters is 1. The largest absolute Gasteiger partial charge is 1.00 e. The van der Waals surface area contributed by atoms with Crippen LogP contribution in [-0.2, 0) is 66.4 Å². The van der Waals surface area contributed by atoms with E-state index < -0.39 is 122 Å². The van der Waals surface area contributed by atoms with Crippen LogP contribution in [0, 0.1) is 6.92 Å². The summed E-state index contributed by atoms with van der Waals surface area (Å²) < 4.78 is 124. The molecule has 2 fully saturated rings. The number of rotatable bonds is 28. The van der Waals surface area contributed by atoms with E-state index in [0.717, 1.165) is 17.8 Å². The number of nitrogens with one attached hydrogen (secondary N) is 2. The van der Waals surface area contributed by atoms with Gasteiger partial charge in [0.15, 0.2) is 26.8 Å². The molecule has 2 unspecified atom stereocenters. The molecule has 2 N–H and O–H groups in total. The van der Waals surface area contributed by atoms with E-state index in [2.05, 4.69) is 25.3 Å².